The highest BCUT2D eigenvalue weighted by molar-refractivity contribution is 5.81. The number of carbonyl (C=O) groups is 1. The lowest BCUT2D eigenvalue weighted by atomic mass is 9.67. The van der Waals surface area contributed by atoms with Crippen LogP contribution in [0.1, 0.15) is 66.3 Å². The van der Waals surface area contributed by atoms with Crippen molar-refractivity contribution in [2.45, 2.75) is 64.9 Å². The molecule has 2 fully saturated rings. The minimum atomic E-state index is -4.74. The van der Waals surface area contributed by atoms with Crippen molar-refractivity contribution in [1.29, 1.82) is 0 Å². The van der Waals surface area contributed by atoms with Crippen molar-refractivity contribution in [2.24, 2.45) is 17.8 Å². The number of aryl methyl sites for hydroxylation is 1. The average molecular weight is 777 g/mol. The maximum Gasteiger partial charge on any atom is 0.420 e. The highest BCUT2D eigenvalue weighted by Gasteiger charge is 2.50. The van der Waals surface area contributed by atoms with Gasteiger partial charge in [-0.25, -0.2) is 9.97 Å². The van der Waals surface area contributed by atoms with E-state index in [0.29, 0.717) is 36.6 Å². The molecule has 0 radical (unpaired) electrons. The van der Waals surface area contributed by atoms with Crippen LogP contribution in [-0.2, 0) is 29.5 Å². The number of carboxylic acid groups (broad SMARTS) is 1. The summed E-state index contributed by atoms with van der Waals surface area (Å²) in [6.07, 6.45) is 2.10. The molecule has 2 aliphatic heterocycles. The van der Waals surface area contributed by atoms with Gasteiger partial charge < -0.3 is 18.7 Å². The summed E-state index contributed by atoms with van der Waals surface area (Å²) in [5, 5.41) is 9.51. The van der Waals surface area contributed by atoms with E-state index in [4.69, 9.17) is 23.5 Å². The number of carboxylic acids is 1. The molecule has 5 aromatic rings. The molecule has 0 amide bonds. The van der Waals surface area contributed by atoms with E-state index in [1.54, 1.807) is 24.3 Å². The first kappa shape index (κ1) is 37.8. The molecule has 4 atom stereocenters. The quantitative estimate of drug-likeness (QED) is 0.139. The zero-order valence-corrected chi connectivity index (χ0v) is 31.1. The fourth-order valence-corrected chi connectivity index (χ4v) is 8.58. The number of halogens is 5. The van der Waals surface area contributed by atoms with E-state index in [1.165, 1.54) is 6.07 Å². The van der Waals surface area contributed by atoms with Gasteiger partial charge in [-0.1, -0.05) is 56.3 Å². The Morgan fingerprint density at radius 1 is 0.982 bits per heavy atom. The smallest absolute Gasteiger partial charge is 0.420 e. The Morgan fingerprint density at radius 3 is 2.41 bits per heavy atom. The third-order valence-corrected chi connectivity index (χ3v) is 11.5. The second-order valence-corrected chi connectivity index (χ2v) is 15.4. The van der Waals surface area contributed by atoms with Gasteiger partial charge in [-0.05, 0) is 79.2 Å². The molecule has 9 nitrogen and oxygen atoms in total. The lowest BCUT2D eigenvalue weighted by Gasteiger charge is -2.35. The van der Waals surface area contributed by atoms with Crippen LogP contribution in [-0.4, -0.2) is 63.6 Å². The van der Waals surface area contributed by atoms with E-state index in [2.05, 4.69) is 11.8 Å². The van der Waals surface area contributed by atoms with Gasteiger partial charge >= 0.3 is 18.8 Å². The molecule has 3 aromatic carbocycles. The highest BCUT2D eigenvalue weighted by atomic mass is 19.4. The number of nitrogens with zero attached hydrogens (tertiary/aromatic N) is 4. The Balaban J connectivity index is 1.28. The van der Waals surface area contributed by atoms with E-state index < -0.39 is 47.2 Å². The van der Waals surface area contributed by atoms with Crippen molar-refractivity contribution in [2.75, 3.05) is 26.2 Å². The first-order chi connectivity index (χ1) is 26.7. The number of hydrogen-bond acceptors (Lipinski definition) is 8. The van der Waals surface area contributed by atoms with Crippen molar-refractivity contribution in [3.05, 3.63) is 106 Å². The molecule has 3 aliphatic rings. The SMILES string of the molecule is Cc1ccccc1C1=CC=CC(c2nc3cc(CN4CC[C@@H](C(=O)O)C4)c(OC(F)F)cc3o2)(c2nc3cc(CN4CCC(C)C4)cc(C(F)(F)F)c3o2)C1C. The van der Waals surface area contributed by atoms with Gasteiger partial charge in [0.25, 0.3) is 0 Å². The van der Waals surface area contributed by atoms with Crippen LogP contribution in [0.25, 0.3) is 27.8 Å². The van der Waals surface area contributed by atoms with Gasteiger partial charge in [0.2, 0.25) is 11.8 Å². The Bertz CT molecular complexity index is 2370. The summed E-state index contributed by atoms with van der Waals surface area (Å²) in [7, 11) is 0. The number of benzene rings is 3. The number of likely N-dealkylation sites (tertiary alicyclic amines) is 2. The van der Waals surface area contributed by atoms with Crippen LogP contribution in [0.3, 0.4) is 0 Å². The number of aliphatic carboxylic acids is 1. The predicted molar refractivity (Wildman–Crippen MR) is 198 cm³/mol. The number of allylic oxidation sites excluding steroid dienone is 4. The van der Waals surface area contributed by atoms with Gasteiger partial charge in [-0.2, -0.15) is 22.0 Å². The van der Waals surface area contributed by atoms with Crippen LogP contribution in [0.4, 0.5) is 22.0 Å². The molecule has 2 saturated heterocycles. The maximum absolute atomic E-state index is 14.8. The number of fused-ring (bicyclic) bond motifs is 2. The molecule has 2 aromatic heterocycles. The Hall–Kier alpha value is -5.08. The Kier molecular flexibility index (Phi) is 9.76. The standard InChI is InChI=1S/C42H41F5N4O5/c1-23-10-13-50(19-23)20-26-15-31(42(45,46)47)36-33(16-26)49-39(56-36)41(12-6-9-30(25(41)3)29-8-5-4-7-24(29)2)38-48-32-17-28(22-51-14-11-27(21-51)37(52)53)34(55-40(43)44)18-35(32)54-38/h4-9,12,15-18,23,25,27,40H,10-11,13-14,19-22H2,1-3H3,(H,52,53)/t23?,25?,27-,41?/m1/s1. The van der Waals surface area contributed by atoms with Crippen LogP contribution in [0.5, 0.6) is 5.75 Å². The summed E-state index contributed by atoms with van der Waals surface area (Å²) in [6, 6.07) is 13.4. The molecule has 1 aliphatic carbocycles. The van der Waals surface area contributed by atoms with Crippen molar-refractivity contribution < 1.29 is 45.4 Å². The van der Waals surface area contributed by atoms with Crippen molar-refractivity contribution >= 4 is 33.7 Å². The summed E-state index contributed by atoms with van der Waals surface area (Å²) >= 11 is 0. The zero-order valence-electron chi connectivity index (χ0n) is 31.1. The Morgan fingerprint density at radius 2 is 1.71 bits per heavy atom. The monoisotopic (exact) mass is 776 g/mol. The summed E-state index contributed by atoms with van der Waals surface area (Å²) in [5.41, 5.74) is 1.11. The summed E-state index contributed by atoms with van der Waals surface area (Å²) in [6.45, 7) is 5.54. The maximum atomic E-state index is 14.8. The minimum absolute atomic E-state index is 0.0362. The molecule has 56 heavy (non-hydrogen) atoms. The second-order valence-electron chi connectivity index (χ2n) is 15.4. The Labute approximate surface area is 319 Å². The first-order valence-electron chi connectivity index (χ1n) is 18.7. The molecule has 0 saturated carbocycles. The van der Waals surface area contributed by atoms with E-state index in [9.17, 15) is 31.9 Å². The third-order valence-electron chi connectivity index (χ3n) is 11.5. The molecular weight excluding hydrogens is 735 g/mol. The molecule has 1 N–H and O–H groups in total. The topological polar surface area (TPSA) is 105 Å². The van der Waals surface area contributed by atoms with Crippen molar-refractivity contribution in [3.8, 4) is 5.75 Å². The highest BCUT2D eigenvalue weighted by Crippen LogP contribution is 2.51. The van der Waals surface area contributed by atoms with Crippen LogP contribution < -0.4 is 4.74 Å². The van der Waals surface area contributed by atoms with Gasteiger partial charge in [-0.3, -0.25) is 14.6 Å². The summed E-state index contributed by atoms with van der Waals surface area (Å²) < 4.78 is 89.5. The fraction of sp³-hybridized carbons (Fsp3) is 0.405. The first-order valence-corrected chi connectivity index (χ1v) is 18.7. The summed E-state index contributed by atoms with van der Waals surface area (Å²) in [5.74, 6) is -1.82. The fourth-order valence-electron chi connectivity index (χ4n) is 8.58. The average Bonchev–Trinajstić information content (AvgIpc) is 3.95. The molecule has 3 unspecified atom stereocenters. The largest absolute Gasteiger partial charge is 0.481 e. The molecule has 8 rings (SSSR count). The molecular formula is C42H41F5N4O5. The van der Waals surface area contributed by atoms with Crippen LogP contribution >= 0.6 is 0 Å². The van der Waals surface area contributed by atoms with E-state index >= 15 is 0 Å². The molecule has 4 heterocycles. The van der Waals surface area contributed by atoms with Crippen molar-refractivity contribution in [3.63, 3.8) is 0 Å². The minimum Gasteiger partial charge on any atom is -0.481 e. The van der Waals surface area contributed by atoms with Gasteiger partial charge in [0.15, 0.2) is 11.2 Å². The van der Waals surface area contributed by atoms with Gasteiger partial charge in [0.1, 0.15) is 27.8 Å². The molecule has 14 heteroatoms. The van der Waals surface area contributed by atoms with Gasteiger partial charge in [-0.15, -0.1) is 0 Å². The number of oxazole rings is 2. The number of ether oxygens (including phenoxy) is 1. The molecule has 0 spiro atoms. The van der Waals surface area contributed by atoms with Crippen LogP contribution in [0.15, 0.2) is 75.6 Å². The number of alkyl halides is 5. The number of aromatic nitrogens is 2. The predicted octanol–water partition coefficient (Wildman–Crippen LogP) is 9.22. The third kappa shape index (κ3) is 6.97. The van der Waals surface area contributed by atoms with Crippen molar-refractivity contribution in [1.82, 2.24) is 19.8 Å². The van der Waals surface area contributed by atoms with E-state index in [0.717, 1.165) is 42.3 Å². The zero-order chi connectivity index (χ0) is 39.5. The normalized spacial score (nSPS) is 23.5. The number of rotatable bonds is 10. The lowest BCUT2D eigenvalue weighted by Crippen LogP contribution is -2.36. The van der Waals surface area contributed by atoms with E-state index in [-0.39, 0.29) is 47.2 Å². The lowest BCUT2D eigenvalue weighted by molar-refractivity contribution is -0.141. The molecule has 0 bridgehead atoms. The summed E-state index contributed by atoms with van der Waals surface area (Å²) in [4.78, 5) is 25.3. The number of hydrogen-bond donors (Lipinski definition) is 1. The molecule has 294 valence electrons. The van der Waals surface area contributed by atoms with E-state index in [1.807, 2.05) is 49.1 Å². The second kappa shape index (κ2) is 14.5. The van der Waals surface area contributed by atoms with Crippen LogP contribution in [0.2, 0.25) is 0 Å². The van der Waals surface area contributed by atoms with Gasteiger partial charge in [0.05, 0.1) is 5.92 Å². The van der Waals surface area contributed by atoms with Gasteiger partial charge in [0, 0.05) is 43.7 Å². The van der Waals surface area contributed by atoms with Crippen LogP contribution in [0, 0.1) is 24.7 Å².